The molecule has 0 unspecified atom stereocenters. The van der Waals surface area contributed by atoms with Crippen LogP contribution in [-0.4, -0.2) is 15.0 Å². The molecule has 0 aliphatic heterocycles. The van der Waals surface area contributed by atoms with Crippen LogP contribution in [0.1, 0.15) is 0 Å². The Bertz CT molecular complexity index is 2810. The summed E-state index contributed by atoms with van der Waals surface area (Å²) >= 11 is 3.68. The van der Waals surface area contributed by atoms with E-state index in [0.717, 1.165) is 33.4 Å². The molecule has 0 amide bonds. The molecule has 0 atom stereocenters. The van der Waals surface area contributed by atoms with Gasteiger partial charge in [-0.15, -0.1) is 22.7 Å². The van der Waals surface area contributed by atoms with E-state index in [1.54, 1.807) is 0 Å². The highest BCUT2D eigenvalue weighted by molar-refractivity contribution is 7.26. The molecule has 0 saturated carbocycles. The molecule has 3 heterocycles. The van der Waals surface area contributed by atoms with Gasteiger partial charge in [-0.2, -0.15) is 0 Å². The van der Waals surface area contributed by atoms with E-state index < -0.39 is 0 Å². The zero-order valence-corrected chi connectivity index (χ0v) is 28.4. The van der Waals surface area contributed by atoms with Crippen LogP contribution >= 0.6 is 22.7 Å². The lowest BCUT2D eigenvalue weighted by molar-refractivity contribution is 1.07. The Morgan fingerprint density at radius 1 is 0.300 bits per heavy atom. The van der Waals surface area contributed by atoms with Crippen LogP contribution in [0.25, 0.3) is 96.8 Å². The fraction of sp³-hybridized carbons (Fsp3) is 0. The Morgan fingerprint density at radius 3 is 1.58 bits per heavy atom. The molecule has 50 heavy (non-hydrogen) atoms. The molecular weight excluding hydrogens is 647 g/mol. The fourth-order valence-corrected chi connectivity index (χ4v) is 9.25. The summed E-state index contributed by atoms with van der Waals surface area (Å²) in [6, 6.07) is 58.0. The summed E-state index contributed by atoms with van der Waals surface area (Å²) < 4.78 is 5.13. The maximum atomic E-state index is 5.21. The molecule has 0 spiro atoms. The number of rotatable bonds is 5. The monoisotopic (exact) mass is 673 g/mol. The van der Waals surface area contributed by atoms with E-state index in [4.69, 9.17) is 15.0 Å². The van der Waals surface area contributed by atoms with Gasteiger partial charge in [0.2, 0.25) is 0 Å². The first-order valence-corrected chi connectivity index (χ1v) is 18.2. The molecule has 0 saturated heterocycles. The molecule has 5 heteroatoms. The SMILES string of the molecule is c1ccc(-c2nc(-c3ccccc3)nc(-c3cc(-c4ccc5c(c4)sc4ccccc45)ccc3-c3cccc4sc5ccccc5c34)n2)cc1. The first kappa shape index (κ1) is 29.0. The third kappa shape index (κ3) is 4.90. The van der Waals surface area contributed by atoms with Crippen LogP contribution in [0.5, 0.6) is 0 Å². The maximum Gasteiger partial charge on any atom is 0.164 e. The smallest absolute Gasteiger partial charge is 0.164 e. The number of aromatic nitrogens is 3. The van der Waals surface area contributed by atoms with Gasteiger partial charge in [-0.1, -0.05) is 133 Å². The van der Waals surface area contributed by atoms with Gasteiger partial charge in [-0.05, 0) is 52.6 Å². The van der Waals surface area contributed by atoms with Crippen molar-refractivity contribution in [1.82, 2.24) is 15.0 Å². The van der Waals surface area contributed by atoms with Gasteiger partial charge < -0.3 is 0 Å². The summed E-state index contributed by atoms with van der Waals surface area (Å²) in [4.78, 5) is 15.4. The average molecular weight is 674 g/mol. The summed E-state index contributed by atoms with van der Waals surface area (Å²) in [5, 5.41) is 5.12. The molecule has 7 aromatic carbocycles. The van der Waals surface area contributed by atoms with Crippen LogP contribution in [0, 0.1) is 0 Å². The molecule has 10 rings (SSSR count). The van der Waals surface area contributed by atoms with E-state index >= 15 is 0 Å². The van der Waals surface area contributed by atoms with Crippen LogP contribution in [0.3, 0.4) is 0 Å². The van der Waals surface area contributed by atoms with Crippen LogP contribution in [0.4, 0.5) is 0 Å². The molecule has 3 aromatic heterocycles. The van der Waals surface area contributed by atoms with E-state index in [1.165, 1.54) is 45.9 Å². The molecule has 0 fully saturated rings. The molecule has 0 N–H and O–H groups in total. The number of benzene rings is 7. The Morgan fingerprint density at radius 2 is 0.840 bits per heavy atom. The lowest BCUT2D eigenvalue weighted by Gasteiger charge is -2.15. The number of fused-ring (bicyclic) bond motifs is 6. The average Bonchev–Trinajstić information content (AvgIpc) is 3.76. The van der Waals surface area contributed by atoms with Crippen molar-refractivity contribution in [2.45, 2.75) is 0 Å². The lowest BCUT2D eigenvalue weighted by Crippen LogP contribution is -2.01. The first-order chi connectivity index (χ1) is 24.8. The summed E-state index contributed by atoms with van der Waals surface area (Å²) in [6.45, 7) is 0. The minimum atomic E-state index is 0.647. The Balaban J connectivity index is 1.25. The Kier molecular flexibility index (Phi) is 6.86. The van der Waals surface area contributed by atoms with Crippen molar-refractivity contribution >= 4 is 63.0 Å². The maximum absolute atomic E-state index is 5.21. The third-order valence-corrected chi connectivity index (χ3v) is 11.6. The van der Waals surface area contributed by atoms with Crippen LogP contribution < -0.4 is 0 Å². The Hall–Kier alpha value is -6.01. The standard InChI is InChI=1S/C45H27N3S2/c1-3-12-28(13-4-1)43-46-44(29-14-5-2-6-15-29)48-45(47-43)37-26-30(31-23-25-34-33-16-7-9-19-38(33)50-41(34)27-31)22-24-32(37)35-18-11-21-40-42(35)36-17-8-10-20-39(36)49-40/h1-27H. The van der Waals surface area contributed by atoms with Gasteiger partial charge >= 0.3 is 0 Å². The predicted octanol–water partition coefficient (Wildman–Crippen LogP) is 12.9. The van der Waals surface area contributed by atoms with Crippen molar-refractivity contribution in [3.05, 3.63) is 164 Å². The number of hydrogen-bond acceptors (Lipinski definition) is 5. The van der Waals surface area contributed by atoms with Crippen LogP contribution in [0.15, 0.2) is 164 Å². The van der Waals surface area contributed by atoms with E-state index in [1.807, 2.05) is 59.1 Å². The normalized spacial score (nSPS) is 11.6. The summed E-state index contributed by atoms with van der Waals surface area (Å²) in [6.07, 6.45) is 0. The molecule has 10 aromatic rings. The molecule has 0 bridgehead atoms. The van der Waals surface area contributed by atoms with Crippen molar-refractivity contribution in [2.75, 3.05) is 0 Å². The Labute approximate surface area is 296 Å². The molecule has 0 radical (unpaired) electrons. The fourth-order valence-electron chi connectivity index (χ4n) is 6.98. The van der Waals surface area contributed by atoms with Crippen molar-refractivity contribution < 1.29 is 0 Å². The summed E-state index contributed by atoms with van der Waals surface area (Å²) in [5.74, 6) is 1.95. The highest BCUT2D eigenvalue weighted by Crippen LogP contribution is 2.44. The highest BCUT2D eigenvalue weighted by Gasteiger charge is 2.20. The van der Waals surface area contributed by atoms with Crippen molar-refractivity contribution in [2.24, 2.45) is 0 Å². The van der Waals surface area contributed by atoms with E-state index in [2.05, 4.69) is 127 Å². The predicted molar refractivity (Wildman–Crippen MR) is 213 cm³/mol. The third-order valence-electron chi connectivity index (χ3n) is 9.36. The van der Waals surface area contributed by atoms with Gasteiger partial charge in [0.25, 0.3) is 0 Å². The summed E-state index contributed by atoms with van der Waals surface area (Å²) in [7, 11) is 0. The topological polar surface area (TPSA) is 38.7 Å². The first-order valence-electron chi connectivity index (χ1n) is 16.6. The van der Waals surface area contributed by atoms with Gasteiger partial charge in [-0.25, -0.2) is 15.0 Å². The quantitative estimate of drug-likeness (QED) is 0.182. The molecular formula is C45H27N3S2. The summed E-state index contributed by atoms with van der Waals surface area (Å²) in [5.41, 5.74) is 7.42. The van der Waals surface area contributed by atoms with Crippen molar-refractivity contribution in [3.63, 3.8) is 0 Å². The highest BCUT2D eigenvalue weighted by atomic mass is 32.1. The second-order valence-electron chi connectivity index (χ2n) is 12.4. The molecule has 234 valence electrons. The number of nitrogens with zero attached hydrogens (tertiary/aromatic N) is 3. The van der Waals surface area contributed by atoms with E-state index in [-0.39, 0.29) is 0 Å². The zero-order valence-electron chi connectivity index (χ0n) is 26.7. The van der Waals surface area contributed by atoms with E-state index in [9.17, 15) is 0 Å². The molecule has 0 aliphatic carbocycles. The molecule has 3 nitrogen and oxygen atoms in total. The van der Waals surface area contributed by atoms with Crippen molar-refractivity contribution in [1.29, 1.82) is 0 Å². The largest absolute Gasteiger partial charge is 0.208 e. The minimum absolute atomic E-state index is 0.647. The van der Waals surface area contributed by atoms with Gasteiger partial charge in [0.05, 0.1) is 0 Å². The second-order valence-corrected chi connectivity index (χ2v) is 14.6. The minimum Gasteiger partial charge on any atom is -0.208 e. The van der Waals surface area contributed by atoms with Crippen molar-refractivity contribution in [3.8, 4) is 56.4 Å². The zero-order chi connectivity index (χ0) is 33.0. The van der Waals surface area contributed by atoms with Crippen LogP contribution in [0.2, 0.25) is 0 Å². The van der Waals surface area contributed by atoms with Gasteiger partial charge in [0, 0.05) is 57.0 Å². The van der Waals surface area contributed by atoms with E-state index in [0.29, 0.717) is 17.5 Å². The van der Waals surface area contributed by atoms with Gasteiger partial charge in [0.15, 0.2) is 17.5 Å². The van der Waals surface area contributed by atoms with Crippen LogP contribution in [-0.2, 0) is 0 Å². The second kappa shape index (κ2) is 11.8. The van der Waals surface area contributed by atoms with Gasteiger partial charge in [0.1, 0.15) is 0 Å². The van der Waals surface area contributed by atoms with Gasteiger partial charge in [-0.3, -0.25) is 0 Å². The number of thiophene rings is 2. The lowest BCUT2D eigenvalue weighted by atomic mass is 9.92. The number of hydrogen-bond donors (Lipinski definition) is 0. The molecule has 0 aliphatic rings.